The predicted molar refractivity (Wildman–Crippen MR) is 66.1 cm³/mol. The Morgan fingerprint density at radius 3 is 2.94 bits per heavy atom. The molecule has 0 N–H and O–H groups in total. The van der Waals surface area contributed by atoms with Gasteiger partial charge in [-0.2, -0.15) is 5.26 Å². The van der Waals surface area contributed by atoms with E-state index in [1.54, 1.807) is 31.0 Å². The first-order chi connectivity index (χ1) is 8.74. The largest absolute Gasteiger partial charge is 0.496 e. The van der Waals surface area contributed by atoms with Crippen molar-refractivity contribution in [2.24, 2.45) is 7.05 Å². The van der Waals surface area contributed by atoms with Crippen LogP contribution in [-0.2, 0) is 12.8 Å². The number of ether oxygens (including phenoxy) is 1. The molecule has 0 aliphatic heterocycles. The molecule has 1 aromatic carbocycles. The number of methoxy groups -OCH3 is 1. The SMILES string of the molecule is COc1ccc(C#N)cc1CSc1nnnn1C. The van der Waals surface area contributed by atoms with Gasteiger partial charge in [-0.1, -0.05) is 11.8 Å². The van der Waals surface area contributed by atoms with E-state index in [2.05, 4.69) is 21.6 Å². The van der Waals surface area contributed by atoms with E-state index in [1.807, 2.05) is 6.07 Å². The zero-order chi connectivity index (χ0) is 13.0. The van der Waals surface area contributed by atoms with Gasteiger partial charge in [-0.15, -0.1) is 5.10 Å². The molecule has 0 fully saturated rings. The van der Waals surface area contributed by atoms with Crippen LogP contribution in [0.1, 0.15) is 11.1 Å². The number of tetrazole rings is 1. The van der Waals surface area contributed by atoms with Crippen LogP contribution in [0.3, 0.4) is 0 Å². The first-order valence-electron chi connectivity index (χ1n) is 5.16. The maximum absolute atomic E-state index is 8.89. The van der Waals surface area contributed by atoms with Gasteiger partial charge in [-0.3, -0.25) is 0 Å². The Bertz CT molecular complexity index is 589. The molecule has 2 aromatic rings. The third kappa shape index (κ3) is 2.60. The summed E-state index contributed by atoms with van der Waals surface area (Å²) < 4.78 is 6.87. The Hall–Kier alpha value is -2.07. The first-order valence-corrected chi connectivity index (χ1v) is 6.15. The number of benzene rings is 1. The van der Waals surface area contributed by atoms with Crippen molar-refractivity contribution in [1.82, 2.24) is 20.2 Å². The maximum atomic E-state index is 8.89. The van der Waals surface area contributed by atoms with Crippen LogP contribution in [0.4, 0.5) is 0 Å². The van der Waals surface area contributed by atoms with Gasteiger partial charge in [0.15, 0.2) is 0 Å². The number of nitriles is 1. The second kappa shape index (κ2) is 5.51. The van der Waals surface area contributed by atoms with E-state index in [1.165, 1.54) is 11.8 Å². The second-order valence-corrected chi connectivity index (χ2v) is 4.45. The molecular formula is C11H11N5OS. The second-order valence-electron chi connectivity index (χ2n) is 3.51. The molecule has 0 aliphatic rings. The summed E-state index contributed by atoms with van der Waals surface area (Å²) >= 11 is 1.49. The molecule has 0 spiro atoms. The number of aryl methyl sites for hydroxylation is 1. The minimum Gasteiger partial charge on any atom is -0.496 e. The van der Waals surface area contributed by atoms with Crippen LogP contribution < -0.4 is 4.74 Å². The zero-order valence-corrected chi connectivity index (χ0v) is 10.8. The lowest BCUT2D eigenvalue weighted by atomic mass is 10.1. The van der Waals surface area contributed by atoms with Gasteiger partial charge in [0.2, 0.25) is 5.16 Å². The van der Waals surface area contributed by atoms with Crippen LogP contribution in [0.25, 0.3) is 0 Å². The number of rotatable bonds is 4. The Labute approximate surface area is 109 Å². The number of aromatic nitrogens is 4. The molecule has 0 saturated heterocycles. The fourth-order valence-corrected chi connectivity index (χ4v) is 2.27. The summed E-state index contributed by atoms with van der Waals surface area (Å²) in [6.07, 6.45) is 0. The van der Waals surface area contributed by atoms with Gasteiger partial charge in [0.25, 0.3) is 0 Å². The lowest BCUT2D eigenvalue weighted by Gasteiger charge is -2.07. The average Bonchev–Trinajstić information content (AvgIpc) is 2.81. The Balaban J connectivity index is 2.18. The van der Waals surface area contributed by atoms with E-state index >= 15 is 0 Å². The fraction of sp³-hybridized carbons (Fsp3) is 0.273. The molecule has 6 nitrogen and oxygen atoms in total. The number of thioether (sulfide) groups is 1. The van der Waals surface area contributed by atoms with Crippen LogP contribution in [0.15, 0.2) is 23.4 Å². The van der Waals surface area contributed by atoms with Gasteiger partial charge in [0.05, 0.1) is 18.7 Å². The predicted octanol–water partition coefficient (Wildman–Crippen LogP) is 1.38. The molecule has 0 unspecified atom stereocenters. The van der Waals surface area contributed by atoms with Crippen molar-refractivity contribution in [3.05, 3.63) is 29.3 Å². The smallest absolute Gasteiger partial charge is 0.209 e. The van der Waals surface area contributed by atoms with Gasteiger partial charge in [0.1, 0.15) is 5.75 Å². The molecule has 92 valence electrons. The standard InChI is InChI=1S/C11H11N5OS/c1-16-11(13-14-15-16)18-7-9-5-8(6-12)3-4-10(9)17-2/h3-5H,7H2,1-2H3. The molecule has 1 aromatic heterocycles. The van der Waals surface area contributed by atoms with Crippen LogP contribution in [0.2, 0.25) is 0 Å². The summed E-state index contributed by atoms with van der Waals surface area (Å²) in [4.78, 5) is 0. The molecule has 0 aliphatic carbocycles. The van der Waals surface area contributed by atoms with E-state index in [4.69, 9.17) is 10.00 Å². The highest BCUT2D eigenvalue weighted by Gasteiger charge is 2.08. The Morgan fingerprint density at radius 1 is 1.50 bits per heavy atom. The van der Waals surface area contributed by atoms with Gasteiger partial charge in [-0.25, -0.2) is 4.68 Å². The van der Waals surface area contributed by atoms with Crippen molar-refractivity contribution in [3.63, 3.8) is 0 Å². The van der Waals surface area contributed by atoms with E-state index in [0.717, 1.165) is 16.5 Å². The molecule has 18 heavy (non-hydrogen) atoms. The quantitative estimate of drug-likeness (QED) is 0.774. The molecule has 0 radical (unpaired) electrons. The van der Waals surface area contributed by atoms with E-state index < -0.39 is 0 Å². The molecule has 0 atom stereocenters. The van der Waals surface area contributed by atoms with Crippen molar-refractivity contribution in [1.29, 1.82) is 5.26 Å². The lowest BCUT2D eigenvalue weighted by molar-refractivity contribution is 0.411. The third-order valence-corrected chi connectivity index (χ3v) is 3.41. The number of hydrogen-bond donors (Lipinski definition) is 0. The third-order valence-electron chi connectivity index (χ3n) is 2.35. The van der Waals surface area contributed by atoms with Crippen molar-refractivity contribution < 1.29 is 4.74 Å². The van der Waals surface area contributed by atoms with E-state index in [9.17, 15) is 0 Å². The van der Waals surface area contributed by atoms with Gasteiger partial charge >= 0.3 is 0 Å². The highest BCUT2D eigenvalue weighted by Crippen LogP contribution is 2.27. The molecule has 1 heterocycles. The summed E-state index contributed by atoms with van der Waals surface area (Å²) in [5, 5.41) is 20.8. The Kier molecular flexibility index (Phi) is 3.79. The fourth-order valence-electron chi connectivity index (χ4n) is 1.45. The van der Waals surface area contributed by atoms with Crippen LogP contribution >= 0.6 is 11.8 Å². The van der Waals surface area contributed by atoms with E-state index in [0.29, 0.717) is 11.3 Å². The number of hydrogen-bond acceptors (Lipinski definition) is 6. The molecular weight excluding hydrogens is 250 g/mol. The topological polar surface area (TPSA) is 76.6 Å². The molecule has 7 heteroatoms. The first kappa shape index (κ1) is 12.4. The highest BCUT2D eigenvalue weighted by atomic mass is 32.2. The molecule has 0 amide bonds. The summed E-state index contributed by atoms with van der Waals surface area (Å²) in [5.41, 5.74) is 1.56. The number of nitrogens with zero attached hydrogens (tertiary/aromatic N) is 5. The average molecular weight is 261 g/mol. The summed E-state index contributed by atoms with van der Waals surface area (Å²) in [6, 6.07) is 7.46. The molecule has 0 saturated carbocycles. The summed E-state index contributed by atoms with van der Waals surface area (Å²) in [6.45, 7) is 0. The van der Waals surface area contributed by atoms with Crippen LogP contribution in [0, 0.1) is 11.3 Å². The normalized spacial score (nSPS) is 10.1. The molecule has 0 bridgehead atoms. The van der Waals surface area contributed by atoms with Crippen molar-refractivity contribution in [2.75, 3.05) is 7.11 Å². The van der Waals surface area contributed by atoms with Gasteiger partial charge < -0.3 is 4.74 Å². The Morgan fingerprint density at radius 2 is 2.33 bits per heavy atom. The minimum atomic E-state index is 0.613. The molecule has 2 rings (SSSR count). The zero-order valence-electron chi connectivity index (χ0n) is 9.99. The van der Waals surface area contributed by atoms with Gasteiger partial charge in [-0.05, 0) is 28.6 Å². The summed E-state index contributed by atoms with van der Waals surface area (Å²) in [7, 11) is 3.39. The minimum absolute atomic E-state index is 0.613. The monoisotopic (exact) mass is 261 g/mol. The van der Waals surface area contributed by atoms with Crippen LogP contribution in [0.5, 0.6) is 5.75 Å². The maximum Gasteiger partial charge on any atom is 0.209 e. The van der Waals surface area contributed by atoms with Crippen LogP contribution in [-0.4, -0.2) is 27.3 Å². The van der Waals surface area contributed by atoms with Crippen molar-refractivity contribution in [3.8, 4) is 11.8 Å². The van der Waals surface area contributed by atoms with E-state index in [-0.39, 0.29) is 0 Å². The lowest BCUT2D eigenvalue weighted by Crippen LogP contribution is -1.95. The summed E-state index contributed by atoms with van der Waals surface area (Å²) in [5.74, 6) is 1.41. The van der Waals surface area contributed by atoms with Crippen molar-refractivity contribution >= 4 is 11.8 Å². The van der Waals surface area contributed by atoms with Gasteiger partial charge in [0, 0.05) is 18.4 Å². The highest BCUT2D eigenvalue weighted by molar-refractivity contribution is 7.98. The van der Waals surface area contributed by atoms with Crippen molar-refractivity contribution in [2.45, 2.75) is 10.9 Å².